The Morgan fingerprint density at radius 3 is 2.69 bits per heavy atom. The summed E-state index contributed by atoms with van der Waals surface area (Å²) in [7, 11) is 0. The van der Waals surface area contributed by atoms with Crippen LogP contribution in [-0.4, -0.2) is 15.6 Å². The lowest BCUT2D eigenvalue weighted by Gasteiger charge is -2.25. The quantitative estimate of drug-likeness (QED) is 0.731. The molecule has 0 amide bonds. The fourth-order valence-corrected chi connectivity index (χ4v) is 2.84. The largest absolute Gasteiger partial charge is 0.292 e. The van der Waals surface area contributed by atoms with E-state index in [1.54, 1.807) is 6.20 Å². The van der Waals surface area contributed by atoms with Crippen LogP contribution in [0.3, 0.4) is 0 Å². The summed E-state index contributed by atoms with van der Waals surface area (Å²) in [6, 6.07) is 1.86. The van der Waals surface area contributed by atoms with Crippen LogP contribution in [0.4, 0.5) is 0 Å². The van der Waals surface area contributed by atoms with Gasteiger partial charge in [0.15, 0.2) is 5.78 Å². The Kier molecular flexibility index (Phi) is 3.13. The van der Waals surface area contributed by atoms with Gasteiger partial charge in [0.25, 0.3) is 0 Å². The van der Waals surface area contributed by atoms with E-state index in [1.807, 2.05) is 17.7 Å². The molecule has 2 rings (SSSR count). The lowest BCUT2D eigenvalue weighted by molar-refractivity contribution is 0.0779. The van der Waals surface area contributed by atoms with Gasteiger partial charge in [0, 0.05) is 18.2 Å². The molecule has 0 aromatic carbocycles. The first-order valence-corrected chi connectivity index (χ1v) is 6.30. The van der Waals surface area contributed by atoms with Gasteiger partial charge in [0.2, 0.25) is 0 Å². The monoisotopic (exact) mass is 220 g/mol. The molecule has 88 valence electrons. The van der Waals surface area contributed by atoms with Crippen LogP contribution >= 0.6 is 0 Å². The summed E-state index contributed by atoms with van der Waals surface area (Å²) >= 11 is 0. The van der Waals surface area contributed by atoms with Crippen LogP contribution in [0.15, 0.2) is 12.3 Å². The molecule has 0 radical (unpaired) electrons. The minimum atomic E-state index is -0.0903. The van der Waals surface area contributed by atoms with Gasteiger partial charge in [-0.05, 0) is 32.3 Å². The smallest absolute Gasteiger partial charge is 0.186 e. The van der Waals surface area contributed by atoms with E-state index >= 15 is 0 Å². The minimum Gasteiger partial charge on any atom is -0.292 e. The Labute approximate surface area is 96.8 Å². The van der Waals surface area contributed by atoms with Gasteiger partial charge in [-0.2, -0.15) is 5.10 Å². The highest BCUT2D eigenvalue weighted by Gasteiger charge is 2.40. The first-order chi connectivity index (χ1) is 7.73. The Balaban J connectivity index is 2.30. The third kappa shape index (κ3) is 1.68. The highest BCUT2D eigenvalue weighted by molar-refractivity contribution is 5.99. The summed E-state index contributed by atoms with van der Waals surface area (Å²) in [4.78, 5) is 12.6. The van der Waals surface area contributed by atoms with Crippen LogP contribution in [0.2, 0.25) is 0 Å². The Bertz CT molecular complexity index is 375. The third-order valence-corrected chi connectivity index (χ3v) is 3.97. The molecule has 1 saturated carbocycles. The Morgan fingerprint density at radius 1 is 1.44 bits per heavy atom. The zero-order chi connectivity index (χ0) is 11.6. The molecule has 0 spiro atoms. The maximum atomic E-state index is 12.6. The fraction of sp³-hybridized carbons (Fsp3) is 0.692. The summed E-state index contributed by atoms with van der Waals surface area (Å²) in [5.74, 6) is 0.312. The van der Waals surface area contributed by atoms with Gasteiger partial charge in [-0.25, -0.2) is 0 Å². The van der Waals surface area contributed by atoms with Crippen LogP contribution in [0.5, 0.6) is 0 Å². The summed E-state index contributed by atoms with van der Waals surface area (Å²) in [5.41, 5.74) is 0.707. The molecule has 0 atom stereocenters. The molecule has 1 aliphatic rings. The number of ketones is 1. The molecule has 3 nitrogen and oxygen atoms in total. The van der Waals surface area contributed by atoms with Crippen molar-refractivity contribution in [1.82, 2.24) is 9.78 Å². The van der Waals surface area contributed by atoms with Crippen LogP contribution < -0.4 is 0 Å². The van der Waals surface area contributed by atoms with E-state index in [2.05, 4.69) is 12.0 Å². The van der Waals surface area contributed by atoms with Crippen molar-refractivity contribution in [2.24, 2.45) is 5.41 Å². The zero-order valence-electron chi connectivity index (χ0n) is 10.2. The number of hydrogen-bond donors (Lipinski definition) is 0. The summed E-state index contributed by atoms with van der Waals surface area (Å²) in [6.45, 7) is 4.93. The second-order valence-corrected chi connectivity index (χ2v) is 4.70. The minimum absolute atomic E-state index is 0.0903. The first kappa shape index (κ1) is 11.4. The van der Waals surface area contributed by atoms with E-state index in [9.17, 15) is 4.79 Å². The maximum Gasteiger partial charge on any atom is 0.186 e. The zero-order valence-corrected chi connectivity index (χ0v) is 10.2. The molecule has 1 aromatic rings. The van der Waals surface area contributed by atoms with Crippen molar-refractivity contribution in [3.05, 3.63) is 18.0 Å². The molecule has 0 aliphatic heterocycles. The number of rotatable bonds is 4. The molecular formula is C13H20N2O. The van der Waals surface area contributed by atoms with Crippen molar-refractivity contribution in [2.45, 2.75) is 52.5 Å². The Morgan fingerprint density at radius 2 is 2.12 bits per heavy atom. The number of carbonyl (C=O) groups excluding carboxylic acids is 1. The van der Waals surface area contributed by atoms with Gasteiger partial charge in [-0.1, -0.05) is 19.8 Å². The van der Waals surface area contributed by atoms with Gasteiger partial charge in [-0.15, -0.1) is 0 Å². The van der Waals surface area contributed by atoms with Gasteiger partial charge in [-0.3, -0.25) is 9.48 Å². The lowest BCUT2D eigenvalue weighted by Crippen LogP contribution is -2.29. The summed E-state index contributed by atoms with van der Waals surface area (Å²) < 4.78 is 1.82. The van der Waals surface area contributed by atoms with Crippen molar-refractivity contribution in [1.29, 1.82) is 0 Å². The number of aryl methyl sites for hydroxylation is 1. The van der Waals surface area contributed by atoms with Gasteiger partial charge >= 0.3 is 0 Å². The van der Waals surface area contributed by atoms with Crippen LogP contribution in [0, 0.1) is 5.41 Å². The molecule has 3 heteroatoms. The van der Waals surface area contributed by atoms with Gasteiger partial charge in [0.05, 0.1) is 0 Å². The molecule has 0 unspecified atom stereocenters. The maximum absolute atomic E-state index is 12.6. The van der Waals surface area contributed by atoms with E-state index < -0.39 is 0 Å². The Hall–Kier alpha value is -1.12. The predicted octanol–water partition coefficient (Wildman–Crippen LogP) is 3.06. The fourth-order valence-electron chi connectivity index (χ4n) is 2.84. The molecule has 1 aromatic heterocycles. The molecule has 0 N–H and O–H groups in total. The van der Waals surface area contributed by atoms with E-state index in [0.717, 1.165) is 31.5 Å². The van der Waals surface area contributed by atoms with E-state index in [0.29, 0.717) is 5.78 Å². The number of carbonyl (C=O) groups is 1. The van der Waals surface area contributed by atoms with E-state index in [-0.39, 0.29) is 5.41 Å². The average molecular weight is 220 g/mol. The average Bonchev–Trinajstić information content (AvgIpc) is 2.97. The van der Waals surface area contributed by atoms with E-state index in [1.165, 1.54) is 12.8 Å². The van der Waals surface area contributed by atoms with Gasteiger partial charge < -0.3 is 0 Å². The summed E-state index contributed by atoms with van der Waals surface area (Å²) in [5, 5.41) is 4.19. The van der Waals surface area contributed by atoms with Gasteiger partial charge in [0.1, 0.15) is 5.69 Å². The lowest BCUT2D eigenvalue weighted by atomic mass is 9.78. The van der Waals surface area contributed by atoms with Crippen LogP contribution in [0.1, 0.15) is 56.4 Å². The molecule has 1 heterocycles. The standard InChI is InChI=1S/C13H20N2O/c1-3-13(8-5-6-9-13)12(16)11-7-10-14-15(11)4-2/h7,10H,3-6,8-9H2,1-2H3. The van der Waals surface area contributed by atoms with Crippen molar-refractivity contribution < 1.29 is 4.79 Å². The highest BCUT2D eigenvalue weighted by Crippen LogP contribution is 2.43. The SMILES string of the molecule is CCn1nccc1C(=O)C1(CC)CCCC1. The van der Waals surface area contributed by atoms with Crippen molar-refractivity contribution in [3.63, 3.8) is 0 Å². The van der Waals surface area contributed by atoms with Crippen LogP contribution in [0.25, 0.3) is 0 Å². The third-order valence-electron chi connectivity index (χ3n) is 3.97. The molecule has 0 bridgehead atoms. The van der Waals surface area contributed by atoms with E-state index in [4.69, 9.17) is 0 Å². The molecular weight excluding hydrogens is 200 g/mol. The summed E-state index contributed by atoms with van der Waals surface area (Å²) in [6.07, 6.45) is 7.18. The van der Waals surface area contributed by atoms with Crippen molar-refractivity contribution >= 4 is 5.78 Å². The first-order valence-electron chi connectivity index (χ1n) is 6.30. The number of nitrogens with zero attached hydrogens (tertiary/aromatic N) is 2. The number of Topliss-reactive ketones (excluding diaryl/α,β-unsaturated/α-hetero) is 1. The van der Waals surface area contributed by atoms with Crippen LogP contribution in [-0.2, 0) is 6.54 Å². The highest BCUT2D eigenvalue weighted by atomic mass is 16.1. The molecule has 0 saturated heterocycles. The normalized spacial score (nSPS) is 18.9. The topological polar surface area (TPSA) is 34.9 Å². The molecule has 1 aliphatic carbocycles. The second kappa shape index (κ2) is 4.40. The van der Waals surface area contributed by atoms with Crippen molar-refractivity contribution in [2.75, 3.05) is 0 Å². The van der Waals surface area contributed by atoms with Crippen molar-refractivity contribution in [3.8, 4) is 0 Å². The molecule has 16 heavy (non-hydrogen) atoms. The number of hydrogen-bond acceptors (Lipinski definition) is 2. The number of aromatic nitrogens is 2. The predicted molar refractivity (Wildman–Crippen MR) is 63.4 cm³/mol. The molecule has 1 fully saturated rings. The second-order valence-electron chi connectivity index (χ2n) is 4.70.